The summed E-state index contributed by atoms with van der Waals surface area (Å²) >= 11 is 1.50. The normalized spacial score (nSPS) is 27.5. The van der Waals surface area contributed by atoms with E-state index in [2.05, 4.69) is 10.3 Å². The zero-order chi connectivity index (χ0) is 14.0. The highest BCUT2D eigenvalue weighted by Crippen LogP contribution is 2.25. The zero-order valence-corrected chi connectivity index (χ0v) is 12.3. The minimum absolute atomic E-state index is 0.00477. The van der Waals surface area contributed by atoms with E-state index >= 15 is 0 Å². The summed E-state index contributed by atoms with van der Waals surface area (Å²) in [6.45, 7) is 6.09. The van der Waals surface area contributed by atoms with E-state index in [9.17, 15) is 9.59 Å². The third-order valence-corrected chi connectivity index (χ3v) is 4.48. The predicted molar refractivity (Wildman–Crippen MR) is 73.6 cm³/mol. The Balaban J connectivity index is 2.29. The molecule has 1 aromatic rings. The molecular formula is C13H19N3O2S. The number of carbonyl (C=O) groups is 2. The van der Waals surface area contributed by atoms with Gasteiger partial charge in [-0.25, -0.2) is 0 Å². The quantitative estimate of drug-likeness (QED) is 0.911. The molecule has 1 aliphatic heterocycles. The maximum absolute atomic E-state index is 12.6. The maximum Gasteiger partial charge on any atom is 0.249 e. The summed E-state index contributed by atoms with van der Waals surface area (Å²) < 4.78 is 0. The molecule has 2 amide bonds. The lowest BCUT2D eigenvalue weighted by molar-refractivity contribution is -0.155. The number of nitrogens with zero attached hydrogens (tertiary/aromatic N) is 2. The van der Waals surface area contributed by atoms with Gasteiger partial charge >= 0.3 is 0 Å². The lowest BCUT2D eigenvalue weighted by Crippen LogP contribution is -2.68. The molecule has 0 aromatic carbocycles. The van der Waals surface area contributed by atoms with Gasteiger partial charge in [-0.3, -0.25) is 14.6 Å². The first-order valence-corrected chi connectivity index (χ1v) is 7.40. The lowest BCUT2D eigenvalue weighted by Gasteiger charge is -2.43. The molecule has 1 N–H and O–H groups in total. The van der Waals surface area contributed by atoms with Crippen molar-refractivity contribution in [3.05, 3.63) is 16.6 Å². The second-order valence-corrected chi connectivity index (χ2v) is 5.97. The highest BCUT2D eigenvalue weighted by molar-refractivity contribution is 7.09. The van der Waals surface area contributed by atoms with Crippen LogP contribution in [-0.4, -0.2) is 33.3 Å². The number of nitrogens with one attached hydrogen (secondary N) is 1. The number of hydrogen-bond donors (Lipinski definition) is 1. The first kappa shape index (κ1) is 14.0. The van der Waals surface area contributed by atoms with Crippen LogP contribution in [0.3, 0.4) is 0 Å². The van der Waals surface area contributed by atoms with Gasteiger partial charge in [0.15, 0.2) is 0 Å². The first-order chi connectivity index (χ1) is 9.01. The van der Waals surface area contributed by atoms with E-state index in [0.29, 0.717) is 19.4 Å². The van der Waals surface area contributed by atoms with Gasteiger partial charge < -0.3 is 10.2 Å². The fourth-order valence-corrected chi connectivity index (χ4v) is 2.92. The number of rotatable bonds is 4. The van der Waals surface area contributed by atoms with Crippen LogP contribution in [0.1, 0.15) is 38.5 Å². The number of thiazole rings is 1. The minimum atomic E-state index is -0.784. The molecule has 2 atom stereocenters. The van der Waals surface area contributed by atoms with Crippen LogP contribution in [0.5, 0.6) is 0 Å². The SMILES string of the molecule is CCC1C(=O)NC(C)(CC)C(=O)N1Cc1cncs1. The van der Waals surface area contributed by atoms with Crippen molar-refractivity contribution in [2.75, 3.05) is 0 Å². The molecule has 2 rings (SSSR count). The minimum Gasteiger partial charge on any atom is -0.340 e. The van der Waals surface area contributed by atoms with Gasteiger partial charge in [-0.1, -0.05) is 13.8 Å². The Morgan fingerprint density at radius 2 is 2.21 bits per heavy atom. The van der Waals surface area contributed by atoms with Crippen LogP contribution >= 0.6 is 11.3 Å². The van der Waals surface area contributed by atoms with Crippen LogP contribution in [0.2, 0.25) is 0 Å². The highest BCUT2D eigenvalue weighted by atomic mass is 32.1. The van der Waals surface area contributed by atoms with E-state index < -0.39 is 5.54 Å². The maximum atomic E-state index is 12.6. The number of amides is 2. The Kier molecular flexibility index (Phi) is 3.89. The van der Waals surface area contributed by atoms with Crippen molar-refractivity contribution in [3.8, 4) is 0 Å². The average Bonchev–Trinajstić information content (AvgIpc) is 2.89. The summed E-state index contributed by atoms with van der Waals surface area (Å²) in [5.41, 5.74) is 0.956. The summed E-state index contributed by atoms with van der Waals surface area (Å²) in [6.07, 6.45) is 2.96. The second kappa shape index (κ2) is 5.28. The molecule has 0 radical (unpaired) electrons. The molecule has 0 bridgehead atoms. The van der Waals surface area contributed by atoms with Crippen molar-refractivity contribution < 1.29 is 9.59 Å². The monoisotopic (exact) mass is 281 g/mol. The van der Waals surface area contributed by atoms with E-state index in [1.807, 2.05) is 13.8 Å². The molecule has 104 valence electrons. The van der Waals surface area contributed by atoms with Crippen LogP contribution in [0, 0.1) is 0 Å². The van der Waals surface area contributed by atoms with Gasteiger partial charge in [0.2, 0.25) is 11.8 Å². The van der Waals surface area contributed by atoms with Crippen LogP contribution in [0.4, 0.5) is 0 Å². The van der Waals surface area contributed by atoms with Crippen LogP contribution < -0.4 is 5.32 Å². The van der Waals surface area contributed by atoms with Gasteiger partial charge in [0.05, 0.1) is 12.1 Å². The Hall–Kier alpha value is -1.43. The Labute approximate surface area is 117 Å². The number of piperazine rings is 1. The Bertz CT molecular complexity index is 474. The van der Waals surface area contributed by atoms with Crippen molar-refractivity contribution in [1.29, 1.82) is 0 Å². The van der Waals surface area contributed by atoms with E-state index in [0.717, 1.165) is 4.88 Å². The molecule has 1 aliphatic rings. The van der Waals surface area contributed by atoms with Gasteiger partial charge in [0, 0.05) is 11.1 Å². The molecule has 1 fully saturated rings. The van der Waals surface area contributed by atoms with Crippen molar-refractivity contribution in [2.45, 2.75) is 51.7 Å². The third kappa shape index (κ3) is 2.49. The molecule has 2 unspecified atom stereocenters. The Morgan fingerprint density at radius 1 is 1.47 bits per heavy atom. The molecule has 2 heterocycles. The van der Waals surface area contributed by atoms with Gasteiger partial charge in [-0.05, 0) is 19.8 Å². The van der Waals surface area contributed by atoms with Gasteiger partial charge in [-0.2, -0.15) is 0 Å². The van der Waals surface area contributed by atoms with Crippen molar-refractivity contribution in [3.63, 3.8) is 0 Å². The summed E-state index contributed by atoms with van der Waals surface area (Å²) in [4.78, 5) is 31.5. The van der Waals surface area contributed by atoms with Crippen LogP contribution in [0.25, 0.3) is 0 Å². The zero-order valence-electron chi connectivity index (χ0n) is 11.5. The third-order valence-electron chi connectivity index (χ3n) is 3.71. The predicted octanol–water partition coefficient (Wildman–Crippen LogP) is 1.55. The summed E-state index contributed by atoms with van der Waals surface area (Å²) in [5, 5.41) is 2.86. The number of carbonyl (C=O) groups excluding carboxylic acids is 2. The molecule has 0 spiro atoms. The molecule has 0 saturated carbocycles. The first-order valence-electron chi connectivity index (χ1n) is 6.52. The molecule has 5 nitrogen and oxygen atoms in total. The van der Waals surface area contributed by atoms with Gasteiger partial charge in [-0.15, -0.1) is 11.3 Å². The van der Waals surface area contributed by atoms with Crippen molar-refractivity contribution in [1.82, 2.24) is 15.2 Å². The van der Waals surface area contributed by atoms with E-state index in [-0.39, 0.29) is 17.9 Å². The lowest BCUT2D eigenvalue weighted by atomic mass is 9.91. The largest absolute Gasteiger partial charge is 0.340 e. The van der Waals surface area contributed by atoms with E-state index in [1.165, 1.54) is 11.3 Å². The molecule has 19 heavy (non-hydrogen) atoms. The molecule has 0 aliphatic carbocycles. The van der Waals surface area contributed by atoms with E-state index in [1.54, 1.807) is 23.5 Å². The smallest absolute Gasteiger partial charge is 0.249 e. The van der Waals surface area contributed by atoms with Gasteiger partial charge in [0.1, 0.15) is 11.6 Å². The van der Waals surface area contributed by atoms with Crippen molar-refractivity contribution >= 4 is 23.2 Å². The van der Waals surface area contributed by atoms with Crippen LogP contribution in [0.15, 0.2) is 11.7 Å². The summed E-state index contributed by atoms with van der Waals surface area (Å²) in [7, 11) is 0. The molecule has 6 heteroatoms. The number of hydrogen-bond acceptors (Lipinski definition) is 4. The fraction of sp³-hybridized carbons (Fsp3) is 0.615. The highest BCUT2D eigenvalue weighted by Gasteiger charge is 2.46. The van der Waals surface area contributed by atoms with Crippen LogP contribution in [-0.2, 0) is 16.1 Å². The summed E-state index contributed by atoms with van der Waals surface area (Å²) in [6, 6.07) is -0.380. The van der Waals surface area contributed by atoms with Gasteiger partial charge in [0.25, 0.3) is 0 Å². The van der Waals surface area contributed by atoms with E-state index in [4.69, 9.17) is 0 Å². The number of aromatic nitrogens is 1. The second-order valence-electron chi connectivity index (χ2n) is 5.00. The summed E-state index contributed by atoms with van der Waals surface area (Å²) in [5.74, 6) is -0.0641. The standard InChI is InChI=1S/C13H19N3O2S/c1-4-10-11(17)15-13(3,5-2)12(18)16(10)7-9-6-14-8-19-9/h6,8,10H,4-5,7H2,1-3H3,(H,15,17). The topological polar surface area (TPSA) is 62.3 Å². The Morgan fingerprint density at radius 3 is 2.74 bits per heavy atom. The average molecular weight is 281 g/mol. The molecular weight excluding hydrogens is 262 g/mol. The van der Waals surface area contributed by atoms with Crippen molar-refractivity contribution in [2.24, 2.45) is 0 Å². The molecule has 1 aromatic heterocycles. The fourth-order valence-electron chi connectivity index (χ4n) is 2.32. The molecule has 1 saturated heterocycles.